The number of hydrogen-bond acceptors (Lipinski definition) is 4. The van der Waals surface area contributed by atoms with Crippen LogP contribution in [0.2, 0.25) is 5.02 Å². The van der Waals surface area contributed by atoms with Gasteiger partial charge >= 0.3 is 0 Å². The molecule has 0 radical (unpaired) electrons. The van der Waals surface area contributed by atoms with Gasteiger partial charge < -0.3 is 19.9 Å². The number of anilines is 1. The van der Waals surface area contributed by atoms with E-state index in [1.54, 1.807) is 24.3 Å². The third-order valence-electron chi connectivity index (χ3n) is 6.40. The highest BCUT2D eigenvalue weighted by atomic mass is 35.5. The quantitative estimate of drug-likeness (QED) is 0.681. The Morgan fingerprint density at radius 2 is 1.94 bits per heavy atom. The number of nitrogens with zero attached hydrogens (tertiary/aromatic N) is 2. The lowest BCUT2D eigenvalue weighted by Gasteiger charge is -2.21. The van der Waals surface area contributed by atoms with E-state index in [2.05, 4.69) is 17.3 Å². The van der Waals surface area contributed by atoms with Crippen LogP contribution in [0.15, 0.2) is 60.4 Å². The molecular formula is C26H26ClN3O3. The molecule has 1 saturated heterocycles. The van der Waals surface area contributed by atoms with Gasteiger partial charge in [0.1, 0.15) is 11.9 Å². The molecule has 0 aromatic heterocycles. The average Bonchev–Trinajstić information content (AvgIpc) is 3.33. The van der Waals surface area contributed by atoms with E-state index in [-0.39, 0.29) is 17.9 Å². The van der Waals surface area contributed by atoms with Gasteiger partial charge in [0.05, 0.1) is 5.57 Å². The Morgan fingerprint density at radius 1 is 1.12 bits per heavy atom. The van der Waals surface area contributed by atoms with Gasteiger partial charge in [-0.3, -0.25) is 9.59 Å². The van der Waals surface area contributed by atoms with Crippen molar-refractivity contribution in [1.82, 2.24) is 9.80 Å². The first kappa shape index (κ1) is 21.7. The Morgan fingerprint density at radius 3 is 2.76 bits per heavy atom. The van der Waals surface area contributed by atoms with Gasteiger partial charge in [0, 0.05) is 47.9 Å². The number of rotatable bonds is 3. The zero-order valence-corrected chi connectivity index (χ0v) is 19.3. The molecule has 1 N–H and O–H groups in total. The van der Waals surface area contributed by atoms with Gasteiger partial charge in [-0.1, -0.05) is 23.7 Å². The Kier molecular flexibility index (Phi) is 5.96. The average molecular weight is 464 g/mol. The van der Waals surface area contributed by atoms with Crippen LogP contribution in [0.4, 0.5) is 5.69 Å². The van der Waals surface area contributed by atoms with Crippen LogP contribution in [-0.2, 0) is 9.53 Å². The van der Waals surface area contributed by atoms with E-state index in [1.165, 1.54) is 0 Å². The summed E-state index contributed by atoms with van der Waals surface area (Å²) in [7, 11) is 2.09. The number of likely N-dealkylation sites (N-methyl/N-ethyl adjacent to an activating group) is 1. The summed E-state index contributed by atoms with van der Waals surface area (Å²) in [6.45, 7) is 3.47. The number of allylic oxidation sites excluding steroid dienone is 1. The molecule has 3 aliphatic heterocycles. The number of hydrogen-bond donors (Lipinski definition) is 1. The molecule has 6 nitrogen and oxygen atoms in total. The molecule has 0 aliphatic carbocycles. The summed E-state index contributed by atoms with van der Waals surface area (Å²) in [5.41, 5.74) is 3.78. The molecule has 5 rings (SSSR count). The van der Waals surface area contributed by atoms with Crippen molar-refractivity contribution in [2.45, 2.75) is 18.9 Å². The summed E-state index contributed by atoms with van der Waals surface area (Å²) in [6.07, 6.45) is 5.31. The van der Waals surface area contributed by atoms with Gasteiger partial charge in [-0.2, -0.15) is 0 Å². The highest BCUT2D eigenvalue weighted by Gasteiger charge is 2.27. The fourth-order valence-corrected chi connectivity index (χ4v) is 4.67. The molecule has 2 aromatic rings. The van der Waals surface area contributed by atoms with Crippen molar-refractivity contribution in [2.24, 2.45) is 0 Å². The Labute approximate surface area is 198 Å². The van der Waals surface area contributed by atoms with E-state index in [9.17, 15) is 9.59 Å². The van der Waals surface area contributed by atoms with Crippen molar-refractivity contribution in [3.05, 3.63) is 82.1 Å². The van der Waals surface area contributed by atoms with Crippen LogP contribution in [0.5, 0.6) is 0 Å². The number of fused-ring (bicyclic) bond motifs is 1. The molecule has 7 heteroatoms. The summed E-state index contributed by atoms with van der Waals surface area (Å²) in [5.74, 6) is 0.576. The van der Waals surface area contributed by atoms with Crippen molar-refractivity contribution in [3.8, 4) is 0 Å². The molecule has 1 atom stereocenters. The number of carbonyl (C=O) groups excluding carboxylic acids is 2. The second-order valence-electron chi connectivity index (χ2n) is 8.72. The number of benzene rings is 2. The fourth-order valence-electron chi connectivity index (χ4n) is 4.50. The maximum atomic E-state index is 12.9. The van der Waals surface area contributed by atoms with E-state index < -0.39 is 0 Å². The normalized spacial score (nSPS) is 21.9. The van der Waals surface area contributed by atoms with Crippen molar-refractivity contribution >= 4 is 34.7 Å². The number of halogens is 1. The van der Waals surface area contributed by atoms with Crippen molar-refractivity contribution < 1.29 is 14.3 Å². The third-order valence-corrected chi connectivity index (χ3v) is 6.63. The minimum absolute atomic E-state index is 0.0808. The van der Waals surface area contributed by atoms with Crippen LogP contribution in [-0.4, -0.2) is 54.8 Å². The lowest BCUT2D eigenvalue weighted by molar-refractivity contribution is -0.110. The molecule has 3 aliphatic rings. The van der Waals surface area contributed by atoms with E-state index in [1.807, 2.05) is 35.2 Å². The molecule has 3 heterocycles. The minimum Gasteiger partial charge on any atom is -0.486 e. The monoisotopic (exact) mass is 463 g/mol. The molecule has 1 fully saturated rings. The lowest BCUT2D eigenvalue weighted by atomic mass is 10.0. The first-order valence-electron chi connectivity index (χ1n) is 11.3. The largest absolute Gasteiger partial charge is 0.486 e. The van der Waals surface area contributed by atoms with Crippen LogP contribution in [0, 0.1) is 0 Å². The highest BCUT2D eigenvalue weighted by Crippen LogP contribution is 2.37. The second-order valence-corrected chi connectivity index (χ2v) is 9.16. The molecular weight excluding hydrogens is 438 g/mol. The number of amides is 2. The molecule has 33 heavy (non-hydrogen) atoms. The molecule has 0 spiro atoms. The van der Waals surface area contributed by atoms with Crippen LogP contribution < -0.4 is 5.32 Å². The molecule has 0 saturated carbocycles. The third kappa shape index (κ3) is 4.54. The Bertz CT molecular complexity index is 1160. The summed E-state index contributed by atoms with van der Waals surface area (Å²) in [4.78, 5) is 29.5. The second kappa shape index (κ2) is 9.04. The Hall–Kier alpha value is -3.09. The SMILES string of the molecule is CN1CCCN(C(=O)c2ccc(C3CC=C(C=C4C(=O)Nc5ccc(Cl)cc54)O3)cc2)CC1. The summed E-state index contributed by atoms with van der Waals surface area (Å²) in [5, 5.41) is 3.44. The molecule has 2 amide bonds. The zero-order chi connectivity index (χ0) is 22.9. The smallest absolute Gasteiger partial charge is 0.256 e. The lowest BCUT2D eigenvalue weighted by Crippen LogP contribution is -2.34. The first-order valence-corrected chi connectivity index (χ1v) is 11.6. The van der Waals surface area contributed by atoms with E-state index in [0.717, 1.165) is 49.4 Å². The maximum Gasteiger partial charge on any atom is 0.256 e. The number of ether oxygens (including phenoxy) is 1. The standard InChI is InChI=1S/C26H26ClN3O3/c1-29-11-2-12-30(14-13-29)26(32)18-5-3-17(4-6-18)24-10-8-20(33-24)16-22-21-15-19(27)7-9-23(21)28-25(22)31/h3-9,15-16,24H,2,10-14H2,1H3,(H,28,31). The van der Waals surface area contributed by atoms with Gasteiger partial charge in [-0.15, -0.1) is 0 Å². The van der Waals surface area contributed by atoms with Gasteiger partial charge in [-0.05, 0) is 68.1 Å². The number of carbonyl (C=O) groups is 2. The Balaban J connectivity index is 1.26. The first-order chi connectivity index (χ1) is 16.0. The molecule has 1 unspecified atom stereocenters. The topological polar surface area (TPSA) is 61.9 Å². The van der Waals surface area contributed by atoms with Crippen molar-refractivity contribution in [2.75, 3.05) is 38.5 Å². The van der Waals surface area contributed by atoms with Crippen LogP contribution in [0.25, 0.3) is 5.57 Å². The van der Waals surface area contributed by atoms with Gasteiger partial charge in [0.15, 0.2) is 0 Å². The van der Waals surface area contributed by atoms with Crippen LogP contribution >= 0.6 is 11.6 Å². The summed E-state index contributed by atoms with van der Waals surface area (Å²) in [6, 6.07) is 13.0. The predicted molar refractivity (Wildman–Crippen MR) is 129 cm³/mol. The highest BCUT2D eigenvalue weighted by molar-refractivity contribution is 6.34. The maximum absolute atomic E-state index is 12.9. The molecule has 170 valence electrons. The van der Waals surface area contributed by atoms with Crippen molar-refractivity contribution in [1.29, 1.82) is 0 Å². The zero-order valence-electron chi connectivity index (χ0n) is 18.5. The summed E-state index contributed by atoms with van der Waals surface area (Å²) < 4.78 is 6.12. The minimum atomic E-state index is -0.164. The van der Waals surface area contributed by atoms with Crippen LogP contribution in [0.3, 0.4) is 0 Å². The number of nitrogens with one attached hydrogen (secondary N) is 1. The predicted octanol–water partition coefficient (Wildman–Crippen LogP) is 4.50. The van der Waals surface area contributed by atoms with E-state index >= 15 is 0 Å². The molecule has 2 aromatic carbocycles. The van der Waals surface area contributed by atoms with Gasteiger partial charge in [0.2, 0.25) is 0 Å². The fraction of sp³-hybridized carbons (Fsp3) is 0.308. The van der Waals surface area contributed by atoms with Gasteiger partial charge in [-0.25, -0.2) is 0 Å². The van der Waals surface area contributed by atoms with E-state index in [0.29, 0.717) is 28.3 Å². The van der Waals surface area contributed by atoms with Crippen LogP contribution in [0.1, 0.15) is 40.4 Å². The summed E-state index contributed by atoms with van der Waals surface area (Å²) >= 11 is 6.11. The van der Waals surface area contributed by atoms with E-state index in [4.69, 9.17) is 16.3 Å². The van der Waals surface area contributed by atoms with Gasteiger partial charge in [0.25, 0.3) is 11.8 Å². The molecule has 0 bridgehead atoms. The van der Waals surface area contributed by atoms with Crippen molar-refractivity contribution in [3.63, 3.8) is 0 Å².